The molecular formula is C52H99NO3. The maximum atomic E-state index is 12.2. The second-order valence-electron chi connectivity index (χ2n) is 17.5. The van der Waals surface area contributed by atoms with E-state index in [1.54, 1.807) is 0 Å². The molecular weight excluding hydrogens is 687 g/mol. The molecule has 0 heterocycles. The van der Waals surface area contributed by atoms with Crippen molar-refractivity contribution in [3.8, 4) is 0 Å². The van der Waals surface area contributed by atoms with Gasteiger partial charge in [0, 0.05) is 25.8 Å². The molecule has 2 N–H and O–H groups in total. The summed E-state index contributed by atoms with van der Waals surface area (Å²) in [6.07, 6.45) is 60.5. The van der Waals surface area contributed by atoms with Crippen LogP contribution in [0.25, 0.3) is 0 Å². The first-order chi connectivity index (χ1) is 27.6. The summed E-state index contributed by atoms with van der Waals surface area (Å²) in [6.45, 7) is 4.95. The molecule has 0 saturated heterocycles. The lowest BCUT2D eigenvalue weighted by atomic mass is 10.0. The van der Waals surface area contributed by atoms with E-state index < -0.39 is 6.10 Å². The van der Waals surface area contributed by atoms with Crippen LogP contribution in [0.5, 0.6) is 0 Å². The highest BCUT2D eigenvalue weighted by molar-refractivity contribution is 5.78. The normalized spacial score (nSPS) is 12.3. The van der Waals surface area contributed by atoms with Crippen molar-refractivity contribution in [2.75, 3.05) is 6.54 Å². The molecule has 0 spiro atoms. The number of allylic oxidation sites excluding steroid dienone is 4. The van der Waals surface area contributed by atoms with E-state index in [-0.39, 0.29) is 5.91 Å². The molecule has 0 bridgehead atoms. The summed E-state index contributed by atoms with van der Waals surface area (Å²) in [4.78, 5) is 24.4. The fourth-order valence-electron chi connectivity index (χ4n) is 7.81. The Kier molecular flexibility index (Phi) is 46.7. The molecule has 56 heavy (non-hydrogen) atoms. The topological polar surface area (TPSA) is 66.4 Å². The van der Waals surface area contributed by atoms with Gasteiger partial charge in [-0.05, 0) is 57.8 Å². The van der Waals surface area contributed by atoms with Gasteiger partial charge in [0.25, 0.3) is 0 Å². The lowest BCUT2D eigenvalue weighted by Crippen LogP contribution is -2.31. The summed E-state index contributed by atoms with van der Waals surface area (Å²) < 4.78 is 0. The third-order valence-electron chi connectivity index (χ3n) is 11.7. The highest BCUT2D eigenvalue weighted by Crippen LogP contribution is 2.16. The third-order valence-corrected chi connectivity index (χ3v) is 11.7. The predicted molar refractivity (Wildman–Crippen MR) is 248 cm³/mol. The number of ketones is 1. The molecule has 4 heteroatoms. The van der Waals surface area contributed by atoms with Crippen molar-refractivity contribution in [3.05, 3.63) is 24.3 Å². The molecule has 0 aromatic carbocycles. The summed E-state index contributed by atoms with van der Waals surface area (Å²) in [5, 5.41) is 13.2. The van der Waals surface area contributed by atoms with E-state index in [0.717, 1.165) is 57.8 Å². The average Bonchev–Trinajstić information content (AvgIpc) is 3.20. The minimum atomic E-state index is -0.400. The Morgan fingerprint density at radius 1 is 0.411 bits per heavy atom. The van der Waals surface area contributed by atoms with Crippen molar-refractivity contribution in [1.82, 2.24) is 5.32 Å². The SMILES string of the molecule is CCCCCC=CCC=CCCCCCCCC(=O)CCCCCCCCCCCCCCCC(=O)NCC(O)CCCCCCCCCCCCCCCC. The quantitative estimate of drug-likeness (QED) is 0.0477. The van der Waals surface area contributed by atoms with Crippen molar-refractivity contribution in [1.29, 1.82) is 0 Å². The Morgan fingerprint density at radius 3 is 1.16 bits per heavy atom. The summed E-state index contributed by atoms with van der Waals surface area (Å²) in [7, 11) is 0. The Morgan fingerprint density at radius 2 is 0.732 bits per heavy atom. The molecule has 0 aromatic rings. The van der Waals surface area contributed by atoms with Crippen molar-refractivity contribution in [3.63, 3.8) is 0 Å². The van der Waals surface area contributed by atoms with Gasteiger partial charge in [0.05, 0.1) is 6.10 Å². The van der Waals surface area contributed by atoms with Gasteiger partial charge in [-0.3, -0.25) is 9.59 Å². The predicted octanol–water partition coefficient (Wildman–Crippen LogP) is 16.6. The van der Waals surface area contributed by atoms with Gasteiger partial charge in [0.2, 0.25) is 5.91 Å². The minimum absolute atomic E-state index is 0.101. The van der Waals surface area contributed by atoms with E-state index in [2.05, 4.69) is 43.5 Å². The molecule has 0 aromatic heterocycles. The molecule has 330 valence electrons. The number of hydrogen-bond donors (Lipinski definition) is 2. The summed E-state index contributed by atoms with van der Waals surface area (Å²) in [5.74, 6) is 0.587. The highest BCUT2D eigenvalue weighted by atomic mass is 16.3. The van der Waals surface area contributed by atoms with Gasteiger partial charge in [-0.25, -0.2) is 0 Å². The smallest absolute Gasteiger partial charge is 0.220 e. The molecule has 0 aliphatic heterocycles. The van der Waals surface area contributed by atoms with Gasteiger partial charge in [0.15, 0.2) is 0 Å². The van der Waals surface area contributed by atoms with E-state index >= 15 is 0 Å². The van der Waals surface area contributed by atoms with Gasteiger partial charge < -0.3 is 10.4 Å². The number of carbonyl (C=O) groups excluding carboxylic acids is 2. The molecule has 1 unspecified atom stereocenters. The fraction of sp³-hybridized carbons (Fsp3) is 0.885. The third kappa shape index (κ3) is 47.0. The number of nitrogens with one attached hydrogen (secondary N) is 1. The zero-order chi connectivity index (χ0) is 40.7. The number of hydrogen-bond acceptors (Lipinski definition) is 3. The van der Waals surface area contributed by atoms with E-state index in [9.17, 15) is 14.7 Å². The maximum absolute atomic E-state index is 12.2. The Hall–Kier alpha value is -1.42. The van der Waals surface area contributed by atoms with Gasteiger partial charge in [-0.1, -0.05) is 231 Å². The first-order valence-corrected chi connectivity index (χ1v) is 25.4. The monoisotopic (exact) mass is 786 g/mol. The van der Waals surface area contributed by atoms with Crippen LogP contribution in [0.4, 0.5) is 0 Å². The number of unbranched alkanes of at least 4 members (excludes halogenated alkanes) is 33. The highest BCUT2D eigenvalue weighted by Gasteiger charge is 2.07. The van der Waals surface area contributed by atoms with Crippen molar-refractivity contribution in [2.45, 2.75) is 290 Å². The molecule has 0 rings (SSSR count). The van der Waals surface area contributed by atoms with Crippen LogP contribution in [0.15, 0.2) is 24.3 Å². The molecule has 4 nitrogen and oxygen atoms in total. The van der Waals surface area contributed by atoms with E-state index in [0.29, 0.717) is 18.7 Å². The number of amides is 1. The first-order valence-electron chi connectivity index (χ1n) is 25.4. The van der Waals surface area contributed by atoms with E-state index in [1.807, 2.05) is 0 Å². The Bertz CT molecular complexity index is 851. The zero-order valence-corrected chi connectivity index (χ0v) is 38.1. The van der Waals surface area contributed by atoms with Crippen molar-refractivity contribution < 1.29 is 14.7 Å². The number of aliphatic hydroxyl groups excluding tert-OH is 1. The average molecular weight is 786 g/mol. The van der Waals surface area contributed by atoms with Crippen molar-refractivity contribution >= 4 is 11.7 Å². The van der Waals surface area contributed by atoms with Gasteiger partial charge in [-0.15, -0.1) is 0 Å². The van der Waals surface area contributed by atoms with Gasteiger partial charge in [0.1, 0.15) is 5.78 Å². The fourth-order valence-corrected chi connectivity index (χ4v) is 7.81. The molecule has 0 radical (unpaired) electrons. The summed E-state index contributed by atoms with van der Waals surface area (Å²) >= 11 is 0. The second kappa shape index (κ2) is 48.0. The van der Waals surface area contributed by atoms with Crippen LogP contribution in [0.3, 0.4) is 0 Å². The van der Waals surface area contributed by atoms with Gasteiger partial charge in [-0.2, -0.15) is 0 Å². The molecule has 0 saturated carbocycles. The standard InChI is InChI=1S/C52H99NO3/c1-3-5-7-9-11-13-15-17-19-22-25-29-33-37-41-45-50(54)46-42-38-34-30-26-23-20-24-28-32-36-40-44-48-52(56)53-49-51(55)47-43-39-35-31-27-21-18-16-14-12-10-8-6-4-2/h11,13,17,19,51,55H,3-10,12,14-16,18,20-49H2,1-2H3,(H,53,56). The number of rotatable bonds is 47. The summed E-state index contributed by atoms with van der Waals surface area (Å²) in [5.41, 5.74) is 0. The van der Waals surface area contributed by atoms with Crippen molar-refractivity contribution in [2.24, 2.45) is 0 Å². The molecule has 0 fully saturated rings. The van der Waals surface area contributed by atoms with Crippen LogP contribution < -0.4 is 5.32 Å². The molecule has 0 aliphatic rings. The number of aliphatic hydroxyl groups is 1. The van der Waals surface area contributed by atoms with Crippen LogP contribution in [-0.2, 0) is 9.59 Å². The van der Waals surface area contributed by atoms with Crippen LogP contribution in [0, 0.1) is 0 Å². The maximum Gasteiger partial charge on any atom is 0.220 e. The second-order valence-corrected chi connectivity index (χ2v) is 17.5. The van der Waals surface area contributed by atoms with E-state index in [1.165, 1.54) is 205 Å². The number of carbonyl (C=O) groups is 2. The number of Topliss-reactive ketones (excluding diaryl/α,β-unsaturated/α-hetero) is 1. The minimum Gasteiger partial charge on any atom is -0.391 e. The Labute approximate surface area is 351 Å². The molecule has 1 amide bonds. The first kappa shape index (κ1) is 54.6. The van der Waals surface area contributed by atoms with Crippen LogP contribution in [0.1, 0.15) is 284 Å². The molecule has 1 atom stereocenters. The van der Waals surface area contributed by atoms with Gasteiger partial charge >= 0.3 is 0 Å². The van der Waals surface area contributed by atoms with E-state index in [4.69, 9.17) is 0 Å². The molecule has 0 aliphatic carbocycles. The van der Waals surface area contributed by atoms with Crippen LogP contribution in [0.2, 0.25) is 0 Å². The lowest BCUT2D eigenvalue weighted by molar-refractivity contribution is -0.121. The Balaban J connectivity index is 3.32. The lowest BCUT2D eigenvalue weighted by Gasteiger charge is -2.12. The largest absolute Gasteiger partial charge is 0.391 e. The zero-order valence-electron chi connectivity index (χ0n) is 38.1. The van der Waals surface area contributed by atoms with Crippen LogP contribution in [-0.4, -0.2) is 29.4 Å². The summed E-state index contributed by atoms with van der Waals surface area (Å²) in [6, 6.07) is 0. The van der Waals surface area contributed by atoms with Crippen LogP contribution >= 0.6 is 0 Å².